The Morgan fingerprint density at radius 2 is 2.21 bits per heavy atom. The van der Waals surface area contributed by atoms with E-state index in [2.05, 4.69) is 14.9 Å². The molecular weight excluding hydrogens is 382 g/mol. The summed E-state index contributed by atoms with van der Waals surface area (Å²) in [5, 5.41) is 10.1. The number of aryl methyl sites for hydroxylation is 1. The summed E-state index contributed by atoms with van der Waals surface area (Å²) in [4.78, 5) is 22.3. The van der Waals surface area contributed by atoms with Gasteiger partial charge in [0.25, 0.3) is 0 Å². The number of halogens is 1. The maximum absolute atomic E-state index is 11.7. The maximum Gasteiger partial charge on any atom is 0.227 e. The quantitative estimate of drug-likeness (QED) is 0.688. The largest absolute Gasteiger partial charge is 0.395 e. The van der Waals surface area contributed by atoms with Crippen molar-refractivity contribution in [2.24, 2.45) is 5.73 Å². The number of aliphatic hydroxyl groups is 1. The number of rotatable bonds is 5. The fraction of sp³-hybridized carbons (Fsp3) is 0.421. The van der Waals surface area contributed by atoms with Crippen LogP contribution in [0.25, 0.3) is 0 Å². The van der Waals surface area contributed by atoms with Crippen LogP contribution in [0.3, 0.4) is 0 Å². The Labute approximate surface area is 168 Å². The van der Waals surface area contributed by atoms with Crippen molar-refractivity contribution < 1.29 is 14.6 Å². The van der Waals surface area contributed by atoms with Crippen molar-refractivity contribution in [3.63, 3.8) is 0 Å². The molecule has 0 bridgehead atoms. The highest BCUT2D eigenvalue weighted by molar-refractivity contribution is 6.31. The van der Waals surface area contributed by atoms with E-state index >= 15 is 0 Å². The lowest BCUT2D eigenvalue weighted by atomic mass is 9.94. The van der Waals surface area contributed by atoms with Crippen molar-refractivity contribution in [3.05, 3.63) is 46.1 Å². The van der Waals surface area contributed by atoms with Gasteiger partial charge in [0.05, 0.1) is 25.2 Å². The van der Waals surface area contributed by atoms with Crippen molar-refractivity contribution >= 4 is 29.3 Å². The molecule has 1 fully saturated rings. The van der Waals surface area contributed by atoms with Crippen LogP contribution in [-0.2, 0) is 9.53 Å². The molecule has 1 saturated heterocycles. The smallest absolute Gasteiger partial charge is 0.227 e. The Hall–Kier alpha value is -2.42. The first-order valence-corrected chi connectivity index (χ1v) is 9.43. The van der Waals surface area contributed by atoms with E-state index in [0.29, 0.717) is 36.2 Å². The number of aliphatic hydroxyl groups excluding tert-OH is 1. The Morgan fingerprint density at radius 1 is 1.43 bits per heavy atom. The zero-order valence-electron chi connectivity index (χ0n) is 15.6. The summed E-state index contributed by atoms with van der Waals surface area (Å²) in [5.74, 6) is -0.500. The van der Waals surface area contributed by atoms with Gasteiger partial charge in [0, 0.05) is 29.9 Å². The van der Waals surface area contributed by atoms with Gasteiger partial charge in [-0.2, -0.15) is 4.98 Å². The molecule has 0 saturated carbocycles. The molecule has 1 aliphatic rings. The zero-order valence-corrected chi connectivity index (χ0v) is 16.4. The van der Waals surface area contributed by atoms with E-state index in [9.17, 15) is 9.90 Å². The lowest BCUT2D eigenvalue weighted by Crippen LogP contribution is -2.32. The normalized spacial score (nSPS) is 18.5. The Kier molecular flexibility index (Phi) is 6.33. The van der Waals surface area contributed by atoms with Crippen LogP contribution in [0.2, 0.25) is 5.02 Å². The molecule has 3 rings (SSSR count). The number of hydrogen-bond acceptors (Lipinski definition) is 7. The number of benzene rings is 1. The molecule has 0 radical (unpaired) electrons. The third-order valence-corrected chi connectivity index (χ3v) is 5.14. The van der Waals surface area contributed by atoms with E-state index < -0.39 is 11.8 Å². The van der Waals surface area contributed by atoms with Crippen molar-refractivity contribution in [3.8, 4) is 0 Å². The molecule has 5 N–H and O–H groups in total. The lowest BCUT2D eigenvalue weighted by Gasteiger charge is -2.32. The summed E-state index contributed by atoms with van der Waals surface area (Å²) < 4.78 is 5.79. The second-order valence-corrected chi connectivity index (χ2v) is 7.19. The van der Waals surface area contributed by atoms with Gasteiger partial charge in [-0.05, 0) is 30.5 Å². The highest BCUT2D eigenvalue weighted by Crippen LogP contribution is 2.35. The molecule has 2 aromatic rings. The minimum atomic E-state index is -0.798. The zero-order chi connectivity index (χ0) is 20.3. The third kappa shape index (κ3) is 4.35. The fourth-order valence-electron chi connectivity index (χ4n) is 3.43. The van der Waals surface area contributed by atoms with Crippen LogP contribution in [0.15, 0.2) is 24.3 Å². The van der Waals surface area contributed by atoms with Gasteiger partial charge in [0.15, 0.2) is 0 Å². The predicted molar refractivity (Wildman–Crippen MR) is 107 cm³/mol. The number of carbonyl (C=O) groups is 1. The summed E-state index contributed by atoms with van der Waals surface area (Å²) in [5.41, 5.74) is 13.4. The summed E-state index contributed by atoms with van der Waals surface area (Å²) in [6, 6.07) is 6.84. The number of nitrogen functional groups attached to an aromatic ring is 1. The lowest BCUT2D eigenvalue weighted by molar-refractivity contribution is -0.120. The van der Waals surface area contributed by atoms with Crippen LogP contribution in [-0.4, -0.2) is 47.3 Å². The number of nitrogens with two attached hydrogens (primary N) is 2. The minimum Gasteiger partial charge on any atom is -0.395 e. The number of primary amides is 1. The van der Waals surface area contributed by atoms with Gasteiger partial charge >= 0.3 is 0 Å². The van der Waals surface area contributed by atoms with E-state index in [1.54, 1.807) is 18.2 Å². The second-order valence-electron chi connectivity index (χ2n) is 6.78. The monoisotopic (exact) mass is 405 g/mol. The van der Waals surface area contributed by atoms with Gasteiger partial charge in [0.2, 0.25) is 11.9 Å². The number of hydrogen-bond donors (Lipinski definition) is 3. The molecule has 1 aliphatic heterocycles. The van der Waals surface area contributed by atoms with Crippen LogP contribution in [0.4, 0.5) is 11.8 Å². The summed E-state index contributed by atoms with van der Waals surface area (Å²) in [7, 11) is 0. The summed E-state index contributed by atoms with van der Waals surface area (Å²) >= 11 is 6.51. The second kappa shape index (κ2) is 8.72. The molecule has 9 heteroatoms. The summed E-state index contributed by atoms with van der Waals surface area (Å²) in [6.45, 7) is 3.19. The Morgan fingerprint density at radius 3 is 2.89 bits per heavy atom. The molecule has 28 heavy (non-hydrogen) atoms. The molecule has 1 aromatic heterocycles. The molecular formula is C19H24ClN5O3. The molecule has 1 aromatic carbocycles. The number of amides is 1. The number of aromatic nitrogens is 2. The fourth-order valence-corrected chi connectivity index (χ4v) is 3.67. The first-order chi connectivity index (χ1) is 13.4. The SMILES string of the molecule is Cc1cc(N2CCCOCC2c2cc(C(CO)C(N)=O)ccc2Cl)nc(N)n1. The van der Waals surface area contributed by atoms with Gasteiger partial charge in [-0.15, -0.1) is 0 Å². The number of ether oxygens (including phenoxy) is 1. The molecule has 0 aliphatic carbocycles. The van der Waals surface area contributed by atoms with Gasteiger partial charge in [0.1, 0.15) is 5.82 Å². The summed E-state index contributed by atoms with van der Waals surface area (Å²) in [6.07, 6.45) is 0.817. The minimum absolute atomic E-state index is 0.202. The first kappa shape index (κ1) is 20.3. The van der Waals surface area contributed by atoms with E-state index in [-0.39, 0.29) is 18.6 Å². The average Bonchev–Trinajstić information content (AvgIpc) is 2.88. The molecule has 0 spiro atoms. The van der Waals surface area contributed by atoms with Gasteiger partial charge < -0.3 is 26.2 Å². The van der Waals surface area contributed by atoms with Crippen molar-refractivity contribution in [2.75, 3.05) is 37.0 Å². The van der Waals surface area contributed by atoms with Crippen LogP contribution in [0.1, 0.15) is 35.2 Å². The molecule has 2 atom stereocenters. The highest BCUT2D eigenvalue weighted by atomic mass is 35.5. The van der Waals surface area contributed by atoms with E-state index in [1.165, 1.54) is 0 Å². The van der Waals surface area contributed by atoms with E-state index in [1.807, 2.05) is 13.0 Å². The standard InChI is InChI=1S/C19H24ClN5O3/c1-11-7-17(24-19(22)23-11)25-5-2-6-28-10-16(25)13-8-12(3-4-15(13)20)14(9-26)18(21)27/h3-4,7-8,14,16,26H,2,5-6,9-10H2,1H3,(H2,21,27)(H2,22,23,24). The Bertz CT molecular complexity index is 843. The molecule has 2 heterocycles. The third-order valence-electron chi connectivity index (χ3n) is 4.80. The van der Waals surface area contributed by atoms with Crippen molar-refractivity contribution in [1.29, 1.82) is 0 Å². The van der Waals surface area contributed by atoms with E-state index in [4.69, 9.17) is 27.8 Å². The van der Waals surface area contributed by atoms with Gasteiger partial charge in [-0.1, -0.05) is 23.7 Å². The molecule has 150 valence electrons. The van der Waals surface area contributed by atoms with Crippen LogP contribution in [0, 0.1) is 6.92 Å². The van der Waals surface area contributed by atoms with Crippen molar-refractivity contribution in [1.82, 2.24) is 9.97 Å². The maximum atomic E-state index is 11.7. The van der Waals surface area contributed by atoms with Crippen LogP contribution in [0.5, 0.6) is 0 Å². The number of nitrogens with zero attached hydrogens (tertiary/aromatic N) is 3. The predicted octanol–water partition coefficient (Wildman–Crippen LogP) is 1.55. The Balaban J connectivity index is 2.06. The van der Waals surface area contributed by atoms with Crippen LogP contribution >= 0.6 is 11.6 Å². The molecule has 1 amide bonds. The average molecular weight is 406 g/mol. The number of anilines is 2. The highest BCUT2D eigenvalue weighted by Gasteiger charge is 2.28. The van der Waals surface area contributed by atoms with E-state index in [0.717, 1.165) is 17.7 Å². The molecule has 2 unspecified atom stereocenters. The topological polar surface area (TPSA) is 128 Å². The first-order valence-electron chi connectivity index (χ1n) is 9.05. The number of carbonyl (C=O) groups excluding carboxylic acids is 1. The van der Waals surface area contributed by atoms with Crippen LogP contribution < -0.4 is 16.4 Å². The molecule has 8 nitrogen and oxygen atoms in total. The van der Waals surface area contributed by atoms with Crippen molar-refractivity contribution in [2.45, 2.75) is 25.3 Å². The van der Waals surface area contributed by atoms with Gasteiger partial charge in [-0.25, -0.2) is 4.98 Å². The van der Waals surface area contributed by atoms with Gasteiger partial charge in [-0.3, -0.25) is 4.79 Å².